The van der Waals surface area contributed by atoms with Crippen molar-refractivity contribution in [3.05, 3.63) is 53.6 Å². The summed E-state index contributed by atoms with van der Waals surface area (Å²) < 4.78 is 5.66. The molecule has 0 aliphatic carbocycles. The topological polar surface area (TPSA) is 44.8 Å². The number of ether oxygens (including phenoxy) is 1. The number of benzene rings is 2. The van der Waals surface area contributed by atoms with Gasteiger partial charge in [-0.25, -0.2) is 0 Å². The predicted octanol–water partition coefficient (Wildman–Crippen LogP) is 3.07. The molecule has 0 spiro atoms. The number of piperazine rings is 1. The van der Waals surface area contributed by atoms with E-state index in [-0.39, 0.29) is 12.5 Å². The van der Waals surface area contributed by atoms with E-state index in [9.17, 15) is 4.79 Å². The van der Waals surface area contributed by atoms with Crippen LogP contribution in [-0.4, -0.2) is 50.6 Å². The number of hydrogen-bond acceptors (Lipinski definition) is 4. The van der Waals surface area contributed by atoms with Crippen LogP contribution in [0.1, 0.15) is 11.1 Å². The first-order chi connectivity index (χ1) is 12.5. The molecule has 0 aromatic heterocycles. The van der Waals surface area contributed by atoms with E-state index in [1.54, 1.807) is 0 Å². The van der Waals surface area contributed by atoms with Gasteiger partial charge in [0.1, 0.15) is 5.75 Å². The molecule has 0 saturated carbocycles. The molecule has 1 N–H and O–H groups in total. The maximum absolute atomic E-state index is 12.2. The van der Waals surface area contributed by atoms with Crippen LogP contribution in [-0.2, 0) is 4.79 Å². The molecule has 1 aliphatic heterocycles. The highest BCUT2D eigenvalue weighted by Crippen LogP contribution is 2.20. The fourth-order valence-corrected chi connectivity index (χ4v) is 3.02. The highest BCUT2D eigenvalue weighted by molar-refractivity contribution is 5.92. The van der Waals surface area contributed by atoms with Crippen LogP contribution in [0, 0.1) is 13.8 Å². The zero-order valence-electron chi connectivity index (χ0n) is 15.8. The second-order valence-electron chi connectivity index (χ2n) is 6.94. The number of carbonyl (C=O) groups excluding carboxylic acids is 1. The zero-order chi connectivity index (χ0) is 18.5. The molecule has 0 atom stereocenters. The molecular formula is C21H27N3O2. The first-order valence-corrected chi connectivity index (χ1v) is 9.05. The number of hydrogen-bond donors (Lipinski definition) is 1. The van der Waals surface area contributed by atoms with E-state index in [1.807, 2.05) is 44.2 Å². The van der Waals surface area contributed by atoms with Gasteiger partial charge in [0, 0.05) is 37.6 Å². The lowest BCUT2D eigenvalue weighted by atomic mass is 10.1. The van der Waals surface area contributed by atoms with Crippen molar-refractivity contribution in [3.8, 4) is 5.75 Å². The molecule has 2 aromatic rings. The van der Waals surface area contributed by atoms with Crippen LogP contribution in [0.15, 0.2) is 42.5 Å². The number of anilines is 2. The van der Waals surface area contributed by atoms with Crippen molar-refractivity contribution in [2.75, 3.05) is 50.1 Å². The van der Waals surface area contributed by atoms with Crippen molar-refractivity contribution in [2.45, 2.75) is 13.8 Å². The molecule has 0 unspecified atom stereocenters. The van der Waals surface area contributed by atoms with E-state index in [0.29, 0.717) is 0 Å². The van der Waals surface area contributed by atoms with Crippen LogP contribution in [0.25, 0.3) is 0 Å². The number of aryl methyl sites for hydroxylation is 2. The number of likely N-dealkylation sites (N-methyl/N-ethyl adjacent to an activating group) is 1. The fraction of sp³-hybridized carbons (Fsp3) is 0.381. The first kappa shape index (κ1) is 18.3. The first-order valence-electron chi connectivity index (χ1n) is 9.05. The van der Waals surface area contributed by atoms with Gasteiger partial charge in [-0.05, 0) is 62.4 Å². The molecule has 5 nitrogen and oxygen atoms in total. The van der Waals surface area contributed by atoms with Crippen LogP contribution in [0.4, 0.5) is 11.4 Å². The van der Waals surface area contributed by atoms with Gasteiger partial charge in [0.2, 0.25) is 0 Å². The van der Waals surface area contributed by atoms with Gasteiger partial charge in [0.25, 0.3) is 5.91 Å². The molecule has 0 radical (unpaired) electrons. The lowest BCUT2D eigenvalue weighted by Gasteiger charge is -2.34. The number of nitrogens with one attached hydrogen (secondary N) is 1. The number of nitrogens with zero attached hydrogens (tertiary/aromatic N) is 2. The van der Waals surface area contributed by atoms with Crippen molar-refractivity contribution < 1.29 is 9.53 Å². The molecule has 138 valence electrons. The number of carbonyl (C=O) groups is 1. The van der Waals surface area contributed by atoms with Gasteiger partial charge in [-0.2, -0.15) is 0 Å². The van der Waals surface area contributed by atoms with Crippen molar-refractivity contribution in [1.29, 1.82) is 0 Å². The fourth-order valence-electron chi connectivity index (χ4n) is 3.02. The average Bonchev–Trinajstić information content (AvgIpc) is 2.64. The molecule has 1 aliphatic rings. The normalized spacial score (nSPS) is 15.0. The molecule has 1 saturated heterocycles. The van der Waals surface area contributed by atoms with E-state index in [1.165, 1.54) is 5.69 Å². The standard InChI is InChI=1S/C21H27N3O2/c1-16-4-5-17(2)20(14-16)26-15-21(25)22-18-6-8-19(9-7-18)24-12-10-23(3)11-13-24/h4-9,14H,10-13,15H2,1-3H3,(H,22,25). The Morgan fingerprint density at radius 1 is 1.04 bits per heavy atom. The average molecular weight is 353 g/mol. The summed E-state index contributed by atoms with van der Waals surface area (Å²) in [6, 6.07) is 14.0. The predicted molar refractivity (Wildman–Crippen MR) is 106 cm³/mol. The maximum Gasteiger partial charge on any atom is 0.262 e. The summed E-state index contributed by atoms with van der Waals surface area (Å²) in [7, 11) is 2.15. The highest BCUT2D eigenvalue weighted by atomic mass is 16.5. The van der Waals surface area contributed by atoms with E-state index in [0.717, 1.165) is 48.7 Å². The van der Waals surface area contributed by atoms with E-state index in [2.05, 4.69) is 34.3 Å². The SMILES string of the molecule is Cc1ccc(C)c(OCC(=O)Nc2ccc(N3CCN(C)CC3)cc2)c1. The van der Waals surface area contributed by atoms with Gasteiger partial charge < -0.3 is 19.9 Å². The van der Waals surface area contributed by atoms with Crippen LogP contribution < -0.4 is 15.0 Å². The molecule has 1 heterocycles. The Bertz CT molecular complexity index is 750. The quantitative estimate of drug-likeness (QED) is 0.897. The Labute approximate surface area is 155 Å². The van der Waals surface area contributed by atoms with Crippen molar-refractivity contribution in [1.82, 2.24) is 4.90 Å². The molecule has 26 heavy (non-hydrogen) atoms. The Morgan fingerprint density at radius 3 is 2.42 bits per heavy atom. The number of amides is 1. The maximum atomic E-state index is 12.2. The van der Waals surface area contributed by atoms with Crippen LogP contribution in [0.3, 0.4) is 0 Å². The highest BCUT2D eigenvalue weighted by Gasteiger charge is 2.14. The van der Waals surface area contributed by atoms with Crippen molar-refractivity contribution in [2.24, 2.45) is 0 Å². The molecule has 1 amide bonds. The minimum Gasteiger partial charge on any atom is -0.483 e. The Balaban J connectivity index is 1.52. The summed E-state index contributed by atoms with van der Waals surface area (Å²) in [5, 5.41) is 2.89. The molecule has 2 aromatic carbocycles. The van der Waals surface area contributed by atoms with Crippen molar-refractivity contribution >= 4 is 17.3 Å². The molecule has 3 rings (SSSR count). The molecular weight excluding hydrogens is 326 g/mol. The summed E-state index contributed by atoms with van der Waals surface area (Å²) in [5.74, 6) is 0.601. The third kappa shape index (κ3) is 4.76. The summed E-state index contributed by atoms with van der Waals surface area (Å²) in [5.41, 5.74) is 4.13. The van der Waals surface area contributed by atoms with Gasteiger partial charge in [-0.3, -0.25) is 4.79 Å². The van der Waals surface area contributed by atoms with Crippen molar-refractivity contribution in [3.63, 3.8) is 0 Å². The second-order valence-corrected chi connectivity index (χ2v) is 6.94. The van der Waals surface area contributed by atoms with Gasteiger partial charge in [0.15, 0.2) is 6.61 Å². The minimum atomic E-state index is -0.154. The second kappa shape index (κ2) is 8.23. The van der Waals surface area contributed by atoms with Crippen LogP contribution in [0.5, 0.6) is 5.75 Å². The van der Waals surface area contributed by atoms with Gasteiger partial charge in [-0.15, -0.1) is 0 Å². The van der Waals surface area contributed by atoms with Crippen LogP contribution in [0.2, 0.25) is 0 Å². The van der Waals surface area contributed by atoms with E-state index >= 15 is 0 Å². The van der Waals surface area contributed by atoms with E-state index in [4.69, 9.17) is 4.74 Å². The third-order valence-electron chi connectivity index (χ3n) is 4.72. The van der Waals surface area contributed by atoms with Crippen LogP contribution >= 0.6 is 0 Å². The Kier molecular flexibility index (Phi) is 5.78. The number of rotatable bonds is 5. The molecule has 0 bridgehead atoms. The summed E-state index contributed by atoms with van der Waals surface area (Å²) in [6.07, 6.45) is 0. The van der Waals surface area contributed by atoms with Gasteiger partial charge >= 0.3 is 0 Å². The Hall–Kier alpha value is -2.53. The van der Waals surface area contributed by atoms with E-state index < -0.39 is 0 Å². The largest absolute Gasteiger partial charge is 0.483 e. The smallest absolute Gasteiger partial charge is 0.262 e. The monoisotopic (exact) mass is 353 g/mol. The zero-order valence-corrected chi connectivity index (χ0v) is 15.8. The minimum absolute atomic E-state index is 0.00447. The lowest BCUT2D eigenvalue weighted by Crippen LogP contribution is -2.44. The van der Waals surface area contributed by atoms with Gasteiger partial charge in [0.05, 0.1) is 0 Å². The summed E-state index contributed by atoms with van der Waals surface area (Å²) >= 11 is 0. The Morgan fingerprint density at radius 2 is 1.73 bits per heavy atom. The summed E-state index contributed by atoms with van der Waals surface area (Å²) in [4.78, 5) is 16.9. The third-order valence-corrected chi connectivity index (χ3v) is 4.72. The summed E-state index contributed by atoms with van der Waals surface area (Å²) in [6.45, 7) is 8.21. The molecule has 1 fully saturated rings. The lowest BCUT2D eigenvalue weighted by molar-refractivity contribution is -0.118. The molecule has 5 heteroatoms. The van der Waals surface area contributed by atoms with Gasteiger partial charge in [-0.1, -0.05) is 12.1 Å².